The first-order valence-corrected chi connectivity index (χ1v) is 8.79. The van der Waals surface area contributed by atoms with Crippen LogP contribution in [0, 0.1) is 0 Å². The van der Waals surface area contributed by atoms with E-state index in [9.17, 15) is 14.4 Å². The summed E-state index contributed by atoms with van der Waals surface area (Å²) in [5.41, 5.74) is 0.874. The van der Waals surface area contributed by atoms with Gasteiger partial charge in [0, 0.05) is 18.3 Å². The van der Waals surface area contributed by atoms with Crippen LogP contribution in [0.15, 0.2) is 30.3 Å². The highest BCUT2D eigenvalue weighted by molar-refractivity contribution is 6.00. The van der Waals surface area contributed by atoms with Crippen molar-refractivity contribution in [3.8, 4) is 0 Å². The number of para-hydroxylation sites is 1. The van der Waals surface area contributed by atoms with E-state index in [1.807, 2.05) is 42.2 Å². The van der Waals surface area contributed by atoms with Gasteiger partial charge in [-0.05, 0) is 37.9 Å². The molecular weight excluding hydrogens is 320 g/mol. The summed E-state index contributed by atoms with van der Waals surface area (Å²) in [6.07, 6.45) is 2.60. The standard InChI is InChI=1S/C18H24N4O3/c1-2-21(12-16(23)20-18(25)19-13-8-9-13)15-10-11-22(17(15)24)14-6-4-3-5-7-14/h3-7,13,15H,2,8-12H2,1H3,(H2,19,20,23,25)/t15-/m1/s1. The van der Waals surface area contributed by atoms with Crippen molar-refractivity contribution < 1.29 is 14.4 Å². The van der Waals surface area contributed by atoms with Crippen molar-refractivity contribution in [2.75, 3.05) is 24.5 Å². The van der Waals surface area contributed by atoms with E-state index in [0.717, 1.165) is 18.5 Å². The molecule has 1 aliphatic heterocycles. The van der Waals surface area contributed by atoms with Crippen molar-refractivity contribution >= 4 is 23.5 Å². The summed E-state index contributed by atoms with van der Waals surface area (Å²) >= 11 is 0. The van der Waals surface area contributed by atoms with Gasteiger partial charge in [0.05, 0.1) is 12.6 Å². The highest BCUT2D eigenvalue weighted by Gasteiger charge is 2.36. The average Bonchev–Trinajstić information content (AvgIpc) is 3.33. The van der Waals surface area contributed by atoms with Crippen LogP contribution >= 0.6 is 0 Å². The van der Waals surface area contributed by atoms with Crippen LogP contribution in [-0.2, 0) is 9.59 Å². The third-order valence-electron chi connectivity index (χ3n) is 4.60. The van der Waals surface area contributed by atoms with Crippen LogP contribution in [0.4, 0.5) is 10.5 Å². The van der Waals surface area contributed by atoms with Gasteiger partial charge in [0.25, 0.3) is 0 Å². The van der Waals surface area contributed by atoms with Gasteiger partial charge in [-0.25, -0.2) is 4.79 Å². The second-order valence-corrected chi connectivity index (χ2v) is 6.49. The second kappa shape index (κ2) is 7.65. The normalized spacial score (nSPS) is 20.0. The number of rotatable bonds is 6. The van der Waals surface area contributed by atoms with Crippen LogP contribution in [0.5, 0.6) is 0 Å². The molecule has 1 aromatic rings. The zero-order valence-electron chi connectivity index (χ0n) is 14.4. The second-order valence-electron chi connectivity index (χ2n) is 6.49. The highest BCUT2D eigenvalue weighted by Crippen LogP contribution is 2.24. The molecule has 25 heavy (non-hydrogen) atoms. The van der Waals surface area contributed by atoms with Crippen LogP contribution in [0.1, 0.15) is 26.2 Å². The van der Waals surface area contributed by atoms with Gasteiger partial charge in [-0.3, -0.25) is 19.8 Å². The summed E-state index contributed by atoms with van der Waals surface area (Å²) in [7, 11) is 0. The zero-order chi connectivity index (χ0) is 17.8. The zero-order valence-corrected chi connectivity index (χ0v) is 14.4. The fraction of sp³-hybridized carbons (Fsp3) is 0.500. The number of carbonyl (C=O) groups excluding carboxylic acids is 3. The molecule has 0 aromatic heterocycles. The summed E-state index contributed by atoms with van der Waals surface area (Å²) in [5, 5.41) is 5.06. The molecule has 2 N–H and O–H groups in total. The lowest BCUT2D eigenvalue weighted by molar-refractivity contribution is -0.125. The smallest absolute Gasteiger partial charge is 0.321 e. The average molecular weight is 344 g/mol. The van der Waals surface area contributed by atoms with Crippen molar-refractivity contribution in [1.82, 2.24) is 15.5 Å². The molecule has 2 fully saturated rings. The van der Waals surface area contributed by atoms with Crippen molar-refractivity contribution in [2.24, 2.45) is 0 Å². The number of nitrogens with one attached hydrogen (secondary N) is 2. The number of likely N-dealkylation sites (N-methyl/N-ethyl adjacent to an activating group) is 1. The first kappa shape index (κ1) is 17.4. The van der Waals surface area contributed by atoms with Gasteiger partial charge >= 0.3 is 6.03 Å². The molecular formula is C18H24N4O3. The molecule has 0 unspecified atom stereocenters. The number of nitrogens with zero attached hydrogens (tertiary/aromatic N) is 2. The predicted molar refractivity (Wildman–Crippen MR) is 94.1 cm³/mol. The molecule has 1 aromatic carbocycles. The minimum atomic E-state index is -0.452. The molecule has 1 atom stereocenters. The number of anilines is 1. The Balaban J connectivity index is 1.56. The Morgan fingerprint density at radius 1 is 1.20 bits per heavy atom. The summed E-state index contributed by atoms with van der Waals surface area (Å²) in [4.78, 5) is 40.1. The van der Waals surface area contributed by atoms with E-state index in [2.05, 4.69) is 10.6 Å². The number of amides is 4. The molecule has 0 bridgehead atoms. The van der Waals surface area contributed by atoms with E-state index < -0.39 is 6.03 Å². The number of benzene rings is 1. The Kier molecular flexibility index (Phi) is 5.33. The molecule has 4 amide bonds. The van der Waals surface area contributed by atoms with E-state index in [0.29, 0.717) is 19.5 Å². The van der Waals surface area contributed by atoms with Crippen LogP contribution in [0.3, 0.4) is 0 Å². The van der Waals surface area contributed by atoms with Gasteiger partial charge in [-0.1, -0.05) is 25.1 Å². The summed E-state index contributed by atoms with van der Waals surface area (Å²) < 4.78 is 0. The number of urea groups is 1. The molecule has 7 nitrogen and oxygen atoms in total. The van der Waals surface area contributed by atoms with E-state index in [4.69, 9.17) is 0 Å². The number of carbonyl (C=O) groups is 3. The van der Waals surface area contributed by atoms with Crippen LogP contribution in [-0.4, -0.2) is 54.5 Å². The Morgan fingerprint density at radius 2 is 1.92 bits per heavy atom. The van der Waals surface area contributed by atoms with E-state index in [1.54, 1.807) is 4.90 Å². The number of hydrogen-bond donors (Lipinski definition) is 2. The maximum absolute atomic E-state index is 12.7. The largest absolute Gasteiger partial charge is 0.335 e. The molecule has 1 saturated heterocycles. The quantitative estimate of drug-likeness (QED) is 0.810. The maximum Gasteiger partial charge on any atom is 0.321 e. The summed E-state index contributed by atoms with van der Waals surface area (Å²) in [5.74, 6) is -0.380. The van der Waals surface area contributed by atoms with Crippen LogP contribution in [0.2, 0.25) is 0 Å². The number of imide groups is 1. The molecule has 2 aliphatic rings. The van der Waals surface area contributed by atoms with E-state index in [-0.39, 0.29) is 30.4 Å². The van der Waals surface area contributed by atoms with Crippen LogP contribution < -0.4 is 15.5 Å². The van der Waals surface area contributed by atoms with Crippen molar-refractivity contribution in [1.29, 1.82) is 0 Å². The minimum Gasteiger partial charge on any atom is -0.335 e. The molecule has 1 heterocycles. The molecule has 3 rings (SSSR count). The van der Waals surface area contributed by atoms with E-state index >= 15 is 0 Å². The van der Waals surface area contributed by atoms with Crippen molar-refractivity contribution in [3.63, 3.8) is 0 Å². The maximum atomic E-state index is 12.7. The van der Waals surface area contributed by atoms with Gasteiger partial charge in [0.2, 0.25) is 11.8 Å². The first-order chi connectivity index (χ1) is 12.1. The third-order valence-corrected chi connectivity index (χ3v) is 4.60. The first-order valence-electron chi connectivity index (χ1n) is 8.79. The lowest BCUT2D eigenvalue weighted by Gasteiger charge is -2.26. The van der Waals surface area contributed by atoms with Crippen LogP contribution in [0.25, 0.3) is 0 Å². The highest BCUT2D eigenvalue weighted by atomic mass is 16.2. The topological polar surface area (TPSA) is 81.8 Å². The van der Waals surface area contributed by atoms with Gasteiger partial charge in [0.1, 0.15) is 0 Å². The van der Waals surface area contributed by atoms with Crippen molar-refractivity contribution in [2.45, 2.75) is 38.3 Å². The molecule has 1 saturated carbocycles. The van der Waals surface area contributed by atoms with Crippen molar-refractivity contribution in [3.05, 3.63) is 30.3 Å². The van der Waals surface area contributed by atoms with Gasteiger partial charge in [0.15, 0.2) is 0 Å². The fourth-order valence-corrected chi connectivity index (χ4v) is 3.11. The molecule has 1 aliphatic carbocycles. The van der Waals surface area contributed by atoms with Gasteiger partial charge in [-0.2, -0.15) is 0 Å². The Labute approximate surface area is 147 Å². The Bertz CT molecular complexity index is 645. The van der Waals surface area contributed by atoms with E-state index in [1.165, 1.54) is 0 Å². The molecule has 7 heteroatoms. The Hall–Kier alpha value is -2.41. The van der Waals surface area contributed by atoms with Gasteiger partial charge < -0.3 is 10.2 Å². The number of hydrogen-bond acceptors (Lipinski definition) is 4. The molecule has 0 spiro atoms. The fourth-order valence-electron chi connectivity index (χ4n) is 3.11. The lowest BCUT2D eigenvalue weighted by Crippen LogP contribution is -2.49. The third kappa shape index (κ3) is 4.36. The monoisotopic (exact) mass is 344 g/mol. The lowest BCUT2D eigenvalue weighted by atomic mass is 10.2. The minimum absolute atomic E-state index is 0.00304. The SMILES string of the molecule is CCN(CC(=O)NC(=O)NC1CC1)[C@@H]1CCN(c2ccccc2)C1=O. The summed E-state index contributed by atoms with van der Waals surface area (Å²) in [6.45, 7) is 3.15. The molecule has 0 radical (unpaired) electrons. The predicted octanol–water partition coefficient (Wildman–Crippen LogP) is 1.10. The van der Waals surface area contributed by atoms with Gasteiger partial charge in [-0.15, -0.1) is 0 Å². The molecule has 134 valence electrons. The Morgan fingerprint density at radius 3 is 2.56 bits per heavy atom. The summed E-state index contributed by atoms with van der Waals surface area (Å²) in [6, 6.07) is 8.95.